The summed E-state index contributed by atoms with van der Waals surface area (Å²) in [5.74, 6) is -0.507. The first-order valence-electron chi connectivity index (χ1n) is 8.84. The Morgan fingerprint density at radius 2 is 1.88 bits per heavy atom. The van der Waals surface area contributed by atoms with Gasteiger partial charge in [0.25, 0.3) is 0 Å². The van der Waals surface area contributed by atoms with Crippen LogP contribution in [0.2, 0.25) is 0 Å². The van der Waals surface area contributed by atoms with Crippen molar-refractivity contribution in [3.63, 3.8) is 0 Å². The average Bonchev–Trinajstić information content (AvgIpc) is 2.96. The number of hydrogen-bond donors (Lipinski definition) is 3. The third-order valence-electron chi connectivity index (χ3n) is 7.72. The molecule has 6 nitrogen and oxygen atoms in total. The number of thiazole rings is 1. The molecular weight excluding hydrogens is 404 g/mol. The molecule has 5 rings (SSSR count). The lowest BCUT2D eigenvalue weighted by Crippen LogP contribution is -2.70. The van der Waals surface area contributed by atoms with Crippen LogP contribution >= 0.6 is 27.3 Å². The van der Waals surface area contributed by atoms with E-state index in [2.05, 4.69) is 26.2 Å². The number of primary amides is 2. The highest BCUT2D eigenvalue weighted by Gasteiger charge is 2.86. The third kappa shape index (κ3) is 1.55. The maximum atomic E-state index is 13.1. The molecule has 4 atom stereocenters. The number of nitrogens with zero attached hydrogens (tertiary/aromatic N) is 1. The van der Waals surface area contributed by atoms with E-state index in [1.54, 1.807) is 6.20 Å². The molecule has 2 heterocycles. The van der Waals surface area contributed by atoms with Gasteiger partial charge in [-0.15, -0.1) is 11.3 Å². The summed E-state index contributed by atoms with van der Waals surface area (Å²) in [7, 11) is 0. The first-order valence-corrected chi connectivity index (χ1v) is 10.5. The van der Waals surface area contributed by atoms with Crippen molar-refractivity contribution in [3.05, 3.63) is 15.0 Å². The van der Waals surface area contributed by atoms with Gasteiger partial charge in [-0.25, -0.2) is 4.98 Å². The van der Waals surface area contributed by atoms with Crippen molar-refractivity contribution in [2.75, 3.05) is 13.1 Å². The first-order chi connectivity index (χ1) is 11.9. The molecule has 0 unspecified atom stereocenters. The Kier molecular flexibility index (Phi) is 3.13. The molecule has 1 aliphatic heterocycles. The number of hydrogen-bond acceptors (Lipinski definition) is 5. The predicted molar refractivity (Wildman–Crippen MR) is 96.6 cm³/mol. The van der Waals surface area contributed by atoms with Crippen molar-refractivity contribution in [2.45, 2.75) is 31.1 Å². The molecule has 0 aromatic carbocycles. The summed E-state index contributed by atoms with van der Waals surface area (Å²) in [5, 5.41) is 3.95. The third-order valence-corrected chi connectivity index (χ3v) is 9.33. The molecule has 3 saturated carbocycles. The van der Waals surface area contributed by atoms with Gasteiger partial charge in [0, 0.05) is 13.1 Å². The Bertz CT molecular complexity index is 789. The summed E-state index contributed by atoms with van der Waals surface area (Å²) >= 11 is 4.90. The molecule has 4 aliphatic rings. The van der Waals surface area contributed by atoms with Gasteiger partial charge >= 0.3 is 0 Å². The molecular formula is C17H21BrN4O2S. The molecule has 25 heavy (non-hydrogen) atoms. The van der Waals surface area contributed by atoms with E-state index in [0.717, 1.165) is 29.5 Å². The maximum Gasteiger partial charge on any atom is 0.231 e. The number of aromatic nitrogens is 1. The number of nitrogens with two attached hydrogens (primary N) is 2. The summed E-state index contributed by atoms with van der Waals surface area (Å²) in [6.45, 7) is 1.42. The zero-order valence-electron chi connectivity index (χ0n) is 13.8. The van der Waals surface area contributed by atoms with Gasteiger partial charge in [0.15, 0.2) is 0 Å². The van der Waals surface area contributed by atoms with E-state index in [1.165, 1.54) is 11.3 Å². The quantitative estimate of drug-likeness (QED) is 0.672. The van der Waals surface area contributed by atoms with Crippen LogP contribution in [0.5, 0.6) is 0 Å². The summed E-state index contributed by atoms with van der Waals surface area (Å²) in [6, 6.07) is 0. The van der Waals surface area contributed by atoms with Crippen LogP contribution in [0, 0.1) is 28.6 Å². The highest BCUT2D eigenvalue weighted by Crippen LogP contribution is 2.83. The lowest BCUT2D eigenvalue weighted by Gasteiger charge is -2.55. The smallest absolute Gasteiger partial charge is 0.231 e. The second kappa shape index (κ2) is 4.84. The Hall–Kier alpha value is -0.990. The van der Waals surface area contributed by atoms with Gasteiger partial charge in [0.2, 0.25) is 11.8 Å². The van der Waals surface area contributed by atoms with Gasteiger partial charge < -0.3 is 16.8 Å². The molecule has 2 amide bonds. The average molecular weight is 425 g/mol. The van der Waals surface area contributed by atoms with E-state index in [0.29, 0.717) is 18.1 Å². The van der Waals surface area contributed by atoms with Crippen LogP contribution in [0.4, 0.5) is 0 Å². The second-order valence-corrected chi connectivity index (χ2v) is 10.6. The van der Waals surface area contributed by atoms with Gasteiger partial charge in [-0.3, -0.25) is 9.59 Å². The van der Waals surface area contributed by atoms with Crippen LogP contribution < -0.4 is 16.8 Å². The molecule has 1 aromatic heterocycles. The zero-order chi connectivity index (χ0) is 17.6. The maximum absolute atomic E-state index is 13.1. The van der Waals surface area contributed by atoms with E-state index in [-0.39, 0.29) is 29.1 Å². The van der Waals surface area contributed by atoms with E-state index in [9.17, 15) is 9.59 Å². The van der Waals surface area contributed by atoms with Crippen molar-refractivity contribution in [1.29, 1.82) is 0 Å². The van der Waals surface area contributed by atoms with E-state index >= 15 is 0 Å². The monoisotopic (exact) mass is 424 g/mol. The number of carbonyl (C=O) groups excluding carboxylic acids is 2. The fourth-order valence-electron chi connectivity index (χ4n) is 6.91. The van der Waals surface area contributed by atoms with Gasteiger partial charge in [-0.05, 0) is 64.8 Å². The van der Waals surface area contributed by atoms with Crippen molar-refractivity contribution in [3.8, 4) is 0 Å². The van der Waals surface area contributed by atoms with E-state index in [1.807, 2.05) is 0 Å². The molecule has 4 fully saturated rings. The van der Waals surface area contributed by atoms with Crippen LogP contribution in [0.3, 0.4) is 0 Å². The Labute approximate surface area is 158 Å². The van der Waals surface area contributed by atoms with Crippen molar-refractivity contribution in [2.24, 2.45) is 40.1 Å². The summed E-state index contributed by atoms with van der Waals surface area (Å²) < 4.78 is 0.848. The standard InChI is InChI=1S/C17H21BrN4O2S/c18-11-7-22-14(25-11)17(13(20)24)10-2-1-9(15(10)3-4-15)16(17,12(19)23)8-5-21-6-8/h7-10,21H,1-6H2,(H2,19,23)(H2,20,24)/t9-,10+,16-,17-/m1/s1. The summed E-state index contributed by atoms with van der Waals surface area (Å²) in [5.41, 5.74) is 10.3. The van der Waals surface area contributed by atoms with Gasteiger partial charge in [-0.2, -0.15) is 0 Å². The Balaban J connectivity index is 1.85. The number of rotatable bonds is 4. The minimum absolute atomic E-state index is 0.0490. The number of halogens is 1. The van der Waals surface area contributed by atoms with E-state index < -0.39 is 16.7 Å². The molecule has 0 radical (unpaired) electrons. The topological polar surface area (TPSA) is 111 Å². The normalized spacial score (nSPS) is 41.0. The van der Waals surface area contributed by atoms with Crippen molar-refractivity contribution in [1.82, 2.24) is 10.3 Å². The summed E-state index contributed by atoms with van der Waals surface area (Å²) in [6.07, 6.45) is 5.74. The van der Waals surface area contributed by atoms with Crippen LogP contribution in [0.15, 0.2) is 9.98 Å². The molecule has 134 valence electrons. The van der Waals surface area contributed by atoms with Crippen molar-refractivity contribution < 1.29 is 9.59 Å². The van der Waals surface area contributed by atoms with Crippen LogP contribution in [0.1, 0.15) is 30.7 Å². The minimum atomic E-state index is -1.07. The van der Waals surface area contributed by atoms with Gasteiger partial charge in [-0.1, -0.05) is 0 Å². The predicted octanol–water partition coefficient (Wildman–Crippen LogP) is 1.14. The molecule has 1 spiro atoms. The van der Waals surface area contributed by atoms with Gasteiger partial charge in [0.05, 0.1) is 15.4 Å². The SMILES string of the molecule is NC(=O)[C@@]1(c2ncc(Br)s2)[C@H]2CC[C@H](C23CC3)[C@@]1(C(N)=O)C1CNC1. The highest BCUT2D eigenvalue weighted by molar-refractivity contribution is 9.11. The van der Waals surface area contributed by atoms with Crippen LogP contribution in [-0.4, -0.2) is 29.9 Å². The largest absolute Gasteiger partial charge is 0.369 e. The molecule has 2 bridgehead atoms. The van der Waals surface area contributed by atoms with Crippen LogP contribution in [-0.2, 0) is 15.0 Å². The Morgan fingerprint density at radius 1 is 1.20 bits per heavy atom. The lowest BCUT2D eigenvalue weighted by molar-refractivity contribution is -0.155. The fourth-order valence-corrected chi connectivity index (χ4v) is 8.44. The van der Waals surface area contributed by atoms with Crippen LogP contribution in [0.25, 0.3) is 0 Å². The number of carbonyl (C=O) groups is 2. The minimum Gasteiger partial charge on any atom is -0.369 e. The van der Waals surface area contributed by atoms with E-state index in [4.69, 9.17) is 11.5 Å². The van der Waals surface area contributed by atoms with Gasteiger partial charge in [0.1, 0.15) is 10.4 Å². The second-order valence-electron chi connectivity index (χ2n) is 8.15. The molecule has 1 saturated heterocycles. The summed E-state index contributed by atoms with van der Waals surface area (Å²) in [4.78, 5) is 30.8. The Morgan fingerprint density at radius 3 is 2.32 bits per heavy atom. The first kappa shape index (κ1) is 16.2. The molecule has 1 aromatic rings. The highest BCUT2D eigenvalue weighted by atomic mass is 79.9. The zero-order valence-corrected chi connectivity index (χ0v) is 16.2. The molecule has 8 heteroatoms. The van der Waals surface area contributed by atoms with Crippen molar-refractivity contribution >= 4 is 39.1 Å². The number of amides is 2. The number of nitrogens with one attached hydrogen (secondary N) is 1. The lowest BCUT2D eigenvalue weighted by atomic mass is 9.49. The fraction of sp³-hybridized carbons (Fsp3) is 0.706. The molecule has 3 aliphatic carbocycles. The molecule has 5 N–H and O–H groups in total.